The van der Waals surface area contributed by atoms with Crippen molar-refractivity contribution in [2.24, 2.45) is 0 Å². The summed E-state index contributed by atoms with van der Waals surface area (Å²) in [6, 6.07) is 80.5. The van der Waals surface area contributed by atoms with Crippen molar-refractivity contribution < 1.29 is 0 Å². The van der Waals surface area contributed by atoms with Gasteiger partial charge in [-0.05, 0) is 139 Å². The predicted molar refractivity (Wildman–Crippen MR) is 253 cm³/mol. The van der Waals surface area contributed by atoms with Gasteiger partial charge >= 0.3 is 0 Å². The molecular formula is C58H36N2. The summed E-state index contributed by atoms with van der Waals surface area (Å²) < 4.78 is 4.79. The highest BCUT2D eigenvalue weighted by Crippen LogP contribution is 2.49. The van der Waals surface area contributed by atoms with E-state index in [9.17, 15) is 0 Å². The van der Waals surface area contributed by atoms with Gasteiger partial charge in [0.05, 0.1) is 22.1 Å². The van der Waals surface area contributed by atoms with Crippen molar-refractivity contribution in [2.75, 3.05) is 0 Å². The van der Waals surface area contributed by atoms with Crippen LogP contribution in [0.5, 0.6) is 0 Å². The fraction of sp³-hybridized carbons (Fsp3) is 0. The molecule has 60 heavy (non-hydrogen) atoms. The lowest BCUT2D eigenvalue weighted by molar-refractivity contribution is 1.18. The van der Waals surface area contributed by atoms with Crippen LogP contribution in [0.15, 0.2) is 218 Å². The fourth-order valence-electron chi connectivity index (χ4n) is 10.2. The molecule has 0 bridgehead atoms. The lowest BCUT2D eigenvalue weighted by Crippen LogP contribution is -1.93. The summed E-state index contributed by atoms with van der Waals surface area (Å²) >= 11 is 0. The van der Waals surface area contributed by atoms with Gasteiger partial charge in [0.1, 0.15) is 0 Å². The van der Waals surface area contributed by atoms with Gasteiger partial charge in [-0.15, -0.1) is 0 Å². The van der Waals surface area contributed by atoms with Gasteiger partial charge in [0.25, 0.3) is 0 Å². The average Bonchev–Trinajstić information content (AvgIpc) is 3.95. The van der Waals surface area contributed by atoms with Gasteiger partial charge in [-0.25, -0.2) is 0 Å². The predicted octanol–water partition coefficient (Wildman–Crippen LogP) is 15.7. The Morgan fingerprint density at radius 3 is 1.27 bits per heavy atom. The molecule has 0 unspecified atom stereocenters. The molecule has 1 aliphatic carbocycles. The topological polar surface area (TPSA) is 9.86 Å². The Balaban J connectivity index is 0.963. The number of hydrogen-bond donors (Lipinski definition) is 0. The second-order valence-corrected chi connectivity index (χ2v) is 16.1. The van der Waals surface area contributed by atoms with Crippen LogP contribution in [0, 0.1) is 0 Å². The first-order chi connectivity index (χ1) is 29.8. The molecule has 278 valence electrons. The number of aromatic nitrogens is 2. The molecule has 0 radical (unpaired) electrons. The summed E-state index contributed by atoms with van der Waals surface area (Å²) in [5.41, 5.74) is 19.8. The third kappa shape index (κ3) is 4.82. The monoisotopic (exact) mass is 760 g/mol. The minimum absolute atomic E-state index is 1.16. The highest BCUT2D eigenvalue weighted by atomic mass is 15.0. The number of hydrogen-bond acceptors (Lipinski definition) is 0. The highest BCUT2D eigenvalue weighted by molar-refractivity contribution is 6.19. The fourth-order valence-corrected chi connectivity index (χ4v) is 10.2. The first kappa shape index (κ1) is 33.1. The maximum atomic E-state index is 2.42. The van der Waals surface area contributed by atoms with Gasteiger partial charge in [0.15, 0.2) is 0 Å². The first-order valence-electron chi connectivity index (χ1n) is 20.8. The molecule has 13 rings (SSSR count). The van der Waals surface area contributed by atoms with E-state index >= 15 is 0 Å². The SMILES string of the molecule is c1ccc(-n2c3ccccc3c3cc(-c4cccc(-c5ccc6c(c5)c5cc(-c7ccc8c9c(cccc79)-c7ccccc7-8)ccc5n6-c5ccccc5)c4)ccc32)cc1. The lowest BCUT2D eigenvalue weighted by Gasteiger charge is -2.11. The molecule has 0 saturated heterocycles. The summed E-state index contributed by atoms with van der Waals surface area (Å²) in [5.74, 6) is 0. The molecule has 2 heteroatoms. The van der Waals surface area contributed by atoms with Crippen LogP contribution < -0.4 is 0 Å². The van der Waals surface area contributed by atoms with Gasteiger partial charge < -0.3 is 9.13 Å². The smallest absolute Gasteiger partial charge is 0.0541 e. The van der Waals surface area contributed by atoms with Crippen molar-refractivity contribution in [3.05, 3.63) is 218 Å². The van der Waals surface area contributed by atoms with E-state index in [4.69, 9.17) is 0 Å². The molecule has 0 saturated carbocycles. The van der Waals surface area contributed by atoms with Crippen molar-refractivity contribution in [3.8, 4) is 67.0 Å². The Labute approximate surface area is 347 Å². The van der Waals surface area contributed by atoms with Crippen molar-refractivity contribution in [2.45, 2.75) is 0 Å². The first-order valence-corrected chi connectivity index (χ1v) is 20.8. The molecule has 0 spiro atoms. The quantitative estimate of drug-likeness (QED) is 0.165. The Morgan fingerprint density at radius 2 is 0.633 bits per heavy atom. The second kappa shape index (κ2) is 12.8. The average molecular weight is 761 g/mol. The van der Waals surface area contributed by atoms with Crippen LogP contribution in [-0.4, -0.2) is 9.13 Å². The van der Waals surface area contributed by atoms with Gasteiger partial charge in [-0.1, -0.05) is 146 Å². The number of para-hydroxylation sites is 3. The minimum atomic E-state index is 1.16. The molecule has 0 aliphatic heterocycles. The van der Waals surface area contributed by atoms with Crippen molar-refractivity contribution in [1.29, 1.82) is 0 Å². The molecule has 0 amide bonds. The van der Waals surface area contributed by atoms with Crippen LogP contribution in [0.3, 0.4) is 0 Å². The largest absolute Gasteiger partial charge is 0.309 e. The molecule has 1 aliphatic rings. The van der Waals surface area contributed by atoms with Gasteiger partial charge in [-0.3, -0.25) is 0 Å². The van der Waals surface area contributed by atoms with Crippen LogP contribution >= 0.6 is 0 Å². The zero-order chi connectivity index (χ0) is 39.3. The lowest BCUT2D eigenvalue weighted by atomic mass is 9.93. The zero-order valence-electron chi connectivity index (χ0n) is 32.7. The van der Waals surface area contributed by atoms with Crippen molar-refractivity contribution >= 4 is 54.4 Å². The maximum absolute atomic E-state index is 2.42. The Hall–Kier alpha value is -7.94. The van der Waals surface area contributed by atoms with Crippen LogP contribution in [0.1, 0.15) is 0 Å². The van der Waals surface area contributed by atoms with Gasteiger partial charge in [0, 0.05) is 32.9 Å². The molecule has 12 aromatic rings. The molecule has 0 N–H and O–H groups in total. The summed E-state index contributed by atoms with van der Waals surface area (Å²) in [6.07, 6.45) is 0. The maximum Gasteiger partial charge on any atom is 0.0541 e. The normalized spacial score (nSPS) is 12.0. The molecule has 2 heterocycles. The number of benzene rings is 10. The van der Waals surface area contributed by atoms with Gasteiger partial charge in [-0.2, -0.15) is 0 Å². The number of rotatable bonds is 5. The van der Waals surface area contributed by atoms with E-state index in [1.807, 2.05) is 0 Å². The molecule has 0 fully saturated rings. The van der Waals surface area contributed by atoms with Crippen LogP contribution in [0.4, 0.5) is 0 Å². The summed E-state index contributed by atoms with van der Waals surface area (Å²) in [6.45, 7) is 0. The van der Waals surface area contributed by atoms with Crippen molar-refractivity contribution in [3.63, 3.8) is 0 Å². The van der Waals surface area contributed by atoms with Gasteiger partial charge in [0.2, 0.25) is 0 Å². The second-order valence-electron chi connectivity index (χ2n) is 16.1. The minimum Gasteiger partial charge on any atom is -0.309 e. The molecular weight excluding hydrogens is 725 g/mol. The molecule has 2 nitrogen and oxygen atoms in total. The summed E-state index contributed by atoms with van der Waals surface area (Å²) in [7, 11) is 0. The van der Waals surface area contributed by atoms with E-state index in [1.165, 1.54) is 116 Å². The van der Waals surface area contributed by atoms with Crippen LogP contribution in [0.25, 0.3) is 121 Å². The Morgan fingerprint density at radius 1 is 0.217 bits per heavy atom. The summed E-state index contributed by atoms with van der Waals surface area (Å²) in [4.78, 5) is 0. The third-order valence-corrected chi connectivity index (χ3v) is 12.9. The zero-order valence-corrected chi connectivity index (χ0v) is 32.7. The van der Waals surface area contributed by atoms with E-state index in [-0.39, 0.29) is 0 Å². The van der Waals surface area contributed by atoms with E-state index < -0.39 is 0 Å². The van der Waals surface area contributed by atoms with E-state index in [0.717, 1.165) is 5.69 Å². The summed E-state index contributed by atoms with van der Waals surface area (Å²) in [5, 5.41) is 7.66. The van der Waals surface area contributed by atoms with E-state index in [1.54, 1.807) is 0 Å². The third-order valence-electron chi connectivity index (χ3n) is 12.9. The molecule has 2 aromatic heterocycles. The highest BCUT2D eigenvalue weighted by Gasteiger charge is 2.23. The molecule has 10 aromatic carbocycles. The Bertz CT molecular complexity index is 3670. The molecule has 0 atom stereocenters. The van der Waals surface area contributed by atoms with E-state index in [2.05, 4.69) is 228 Å². The number of nitrogens with zero attached hydrogens (tertiary/aromatic N) is 2. The van der Waals surface area contributed by atoms with Crippen molar-refractivity contribution in [1.82, 2.24) is 9.13 Å². The number of fused-ring (bicyclic) bond motifs is 9. The standard InChI is InChI=1S/C58H36N2/c1-3-15-42(16-4-1)59-54-24-10-9-21-47(54)51-34-39(25-30-55(51)59)37-13-11-14-38(33-37)40-26-31-56-52(35-40)53-36-41(27-32-57(53)60(56)43-17-5-2-6-18-43)44-28-29-50-46-20-8-7-19-45(46)49-23-12-22-48(44)58(49)50/h1-36H. The van der Waals surface area contributed by atoms with E-state index in [0.29, 0.717) is 0 Å². The van der Waals surface area contributed by atoms with Crippen LogP contribution in [-0.2, 0) is 0 Å². The Kier molecular flexibility index (Phi) is 7.05. The van der Waals surface area contributed by atoms with Crippen LogP contribution in [0.2, 0.25) is 0 Å².